The summed E-state index contributed by atoms with van der Waals surface area (Å²) in [4.78, 5) is 2.95. The third-order valence-electron chi connectivity index (χ3n) is 5.79. The minimum absolute atomic E-state index is 0.895. The second-order valence-electron chi connectivity index (χ2n) is 7.58. The van der Waals surface area contributed by atoms with Crippen LogP contribution in [0.4, 0.5) is 0 Å². The van der Waals surface area contributed by atoms with Crippen molar-refractivity contribution in [3.8, 4) is 0 Å². The highest BCUT2D eigenvalue weighted by molar-refractivity contribution is 4.94. The monoisotopic (exact) mass is 264 g/mol. The first kappa shape index (κ1) is 13.9. The zero-order chi connectivity index (χ0) is 13.2. The zero-order valence-corrected chi connectivity index (χ0v) is 12.9. The van der Waals surface area contributed by atoms with Gasteiger partial charge in [-0.2, -0.15) is 0 Å². The lowest BCUT2D eigenvalue weighted by molar-refractivity contribution is 0.0638. The Morgan fingerprint density at radius 1 is 0.947 bits per heavy atom. The normalized spacial score (nSPS) is 37.7. The molecule has 0 aromatic heterocycles. The van der Waals surface area contributed by atoms with Crippen LogP contribution in [0.15, 0.2) is 0 Å². The number of piperidine rings is 1. The van der Waals surface area contributed by atoms with Crippen molar-refractivity contribution in [2.24, 2.45) is 17.8 Å². The molecule has 0 radical (unpaired) electrons. The Morgan fingerprint density at radius 2 is 1.68 bits per heavy atom. The molecular weight excluding hydrogens is 232 g/mol. The first-order valence-electron chi connectivity index (χ1n) is 8.70. The molecule has 2 saturated carbocycles. The van der Waals surface area contributed by atoms with Crippen LogP contribution >= 0.6 is 0 Å². The van der Waals surface area contributed by atoms with Crippen molar-refractivity contribution in [1.29, 1.82) is 0 Å². The van der Waals surface area contributed by atoms with Crippen LogP contribution in [-0.2, 0) is 0 Å². The molecule has 2 aliphatic carbocycles. The van der Waals surface area contributed by atoms with E-state index in [9.17, 15) is 0 Å². The van der Waals surface area contributed by atoms with Gasteiger partial charge < -0.3 is 5.32 Å². The molecule has 3 fully saturated rings. The maximum Gasteiger partial charge on any atom is 0.0126 e. The van der Waals surface area contributed by atoms with Crippen molar-refractivity contribution in [3.05, 3.63) is 0 Å². The molecule has 1 heterocycles. The van der Waals surface area contributed by atoms with E-state index >= 15 is 0 Å². The molecule has 1 N–H and O–H groups in total. The third kappa shape index (κ3) is 3.52. The Hall–Kier alpha value is -0.0800. The fourth-order valence-electron chi connectivity index (χ4n) is 4.29. The van der Waals surface area contributed by atoms with Crippen molar-refractivity contribution in [3.63, 3.8) is 0 Å². The van der Waals surface area contributed by atoms with Crippen LogP contribution in [0.1, 0.15) is 58.8 Å². The van der Waals surface area contributed by atoms with Gasteiger partial charge in [-0.15, -0.1) is 0 Å². The van der Waals surface area contributed by atoms with Gasteiger partial charge in [-0.25, -0.2) is 0 Å². The molecular formula is C17H32N2. The van der Waals surface area contributed by atoms with E-state index in [4.69, 9.17) is 0 Å². The highest BCUT2D eigenvalue weighted by Gasteiger charge is 2.39. The highest BCUT2D eigenvalue weighted by atomic mass is 15.2. The number of hydrogen-bond acceptors (Lipinski definition) is 2. The van der Waals surface area contributed by atoms with Crippen LogP contribution in [0.25, 0.3) is 0 Å². The van der Waals surface area contributed by atoms with E-state index in [1.54, 1.807) is 0 Å². The van der Waals surface area contributed by atoms with Gasteiger partial charge in [0.1, 0.15) is 0 Å². The van der Waals surface area contributed by atoms with Gasteiger partial charge in [0.25, 0.3) is 0 Å². The highest BCUT2D eigenvalue weighted by Crippen LogP contribution is 2.39. The van der Waals surface area contributed by atoms with Gasteiger partial charge >= 0.3 is 0 Å². The van der Waals surface area contributed by atoms with Crippen LogP contribution in [-0.4, -0.2) is 36.6 Å². The predicted molar refractivity (Wildman–Crippen MR) is 81.3 cm³/mol. The molecule has 3 rings (SSSR count). The molecule has 0 amide bonds. The summed E-state index contributed by atoms with van der Waals surface area (Å²) in [5.41, 5.74) is 0. The van der Waals surface area contributed by atoms with Gasteiger partial charge in [-0.05, 0) is 69.4 Å². The van der Waals surface area contributed by atoms with Crippen LogP contribution in [0.5, 0.6) is 0 Å². The van der Waals surface area contributed by atoms with Crippen LogP contribution in [0.2, 0.25) is 0 Å². The molecule has 2 heteroatoms. The SMILES string of the molecule is CC1CCC(C)C(N(CC2CCNCC2)C2CC2)C1. The quantitative estimate of drug-likeness (QED) is 0.838. The topological polar surface area (TPSA) is 15.3 Å². The van der Waals surface area contributed by atoms with Crippen molar-refractivity contribution in [2.45, 2.75) is 70.9 Å². The molecule has 0 spiro atoms. The van der Waals surface area contributed by atoms with Crippen molar-refractivity contribution in [2.75, 3.05) is 19.6 Å². The molecule has 3 aliphatic rings. The molecule has 0 aromatic carbocycles. The summed E-state index contributed by atoms with van der Waals surface area (Å²) in [6.07, 6.45) is 10.1. The Kier molecular flexibility index (Phi) is 4.48. The smallest absolute Gasteiger partial charge is 0.0126 e. The first-order chi connectivity index (χ1) is 9.24. The maximum atomic E-state index is 3.51. The van der Waals surface area contributed by atoms with E-state index in [1.807, 2.05) is 0 Å². The molecule has 0 aromatic rings. The van der Waals surface area contributed by atoms with E-state index in [0.717, 1.165) is 29.8 Å². The number of nitrogens with one attached hydrogen (secondary N) is 1. The van der Waals surface area contributed by atoms with Crippen molar-refractivity contribution < 1.29 is 0 Å². The molecule has 19 heavy (non-hydrogen) atoms. The maximum absolute atomic E-state index is 3.51. The lowest BCUT2D eigenvalue weighted by atomic mass is 9.78. The van der Waals surface area contributed by atoms with Gasteiger partial charge in [0.15, 0.2) is 0 Å². The minimum atomic E-state index is 0.895. The molecule has 3 atom stereocenters. The second-order valence-corrected chi connectivity index (χ2v) is 7.58. The fourth-order valence-corrected chi connectivity index (χ4v) is 4.29. The molecule has 110 valence electrons. The first-order valence-corrected chi connectivity index (χ1v) is 8.70. The van der Waals surface area contributed by atoms with E-state index in [1.165, 1.54) is 64.6 Å². The van der Waals surface area contributed by atoms with Gasteiger partial charge in [-0.3, -0.25) is 4.90 Å². The second kappa shape index (κ2) is 6.13. The van der Waals surface area contributed by atoms with E-state index in [0.29, 0.717) is 0 Å². The Bertz CT molecular complexity index is 281. The lowest BCUT2D eigenvalue weighted by Crippen LogP contribution is -2.47. The van der Waals surface area contributed by atoms with Crippen LogP contribution < -0.4 is 5.32 Å². The van der Waals surface area contributed by atoms with E-state index in [2.05, 4.69) is 24.1 Å². The Labute approximate surface area is 119 Å². The van der Waals surface area contributed by atoms with Gasteiger partial charge in [0, 0.05) is 18.6 Å². The Morgan fingerprint density at radius 3 is 2.37 bits per heavy atom. The predicted octanol–water partition coefficient (Wildman–Crippen LogP) is 3.28. The summed E-state index contributed by atoms with van der Waals surface area (Å²) >= 11 is 0. The number of rotatable bonds is 4. The number of hydrogen-bond donors (Lipinski definition) is 1. The summed E-state index contributed by atoms with van der Waals surface area (Å²) in [5, 5.41) is 3.51. The van der Waals surface area contributed by atoms with E-state index in [-0.39, 0.29) is 0 Å². The standard InChI is InChI=1S/C17H32N2/c1-13-3-4-14(2)17(11-13)19(16-5-6-16)12-15-7-9-18-10-8-15/h13-18H,3-12H2,1-2H3. The third-order valence-corrected chi connectivity index (χ3v) is 5.79. The molecule has 1 saturated heterocycles. The van der Waals surface area contributed by atoms with Gasteiger partial charge in [0.05, 0.1) is 0 Å². The summed E-state index contributed by atoms with van der Waals surface area (Å²) in [5.74, 6) is 2.85. The average molecular weight is 264 g/mol. The van der Waals surface area contributed by atoms with E-state index < -0.39 is 0 Å². The fraction of sp³-hybridized carbons (Fsp3) is 1.00. The zero-order valence-electron chi connectivity index (χ0n) is 12.9. The van der Waals surface area contributed by atoms with Crippen LogP contribution in [0, 0.1) is 17.8 Å². The molecule has 1 aliphatic heterocycles. The molecule has 0 bridgehead atoms. The summed E-state index contributed by atoms with van der Waals surface area (Å²) < 4.78 is 0. The Balaban J connectivity index is 1.62. The largest absolute Gasteiger partial charge is 0.317 e. The summed E-state index contributed by atoms with van der Waals surface area (Å²) in [6.45, 7) is 8.87. The summed E-state index contributed by atoms with van der Waals surface area (Å²) in [7, 11) is 0. The van der Waals surface area contributed by atoms with Crippen molar-refractivity contribution >= 4 is 0 Å². The van der Waals surface area contributed by atoms with Crippen molar-refractivity contribution in [1.82, 2.24) is 10.2 Å². The number of nitrogens with zero attached hydrogens (tertiary/aromatic N) is 1. The summed E-state index contributed by atoms with van der Waals surface area (Å²) in [6, 6.07) is 1.85. The van der Waals surface area contributed by atoms with Crippen LogP contribution in [0.3, 0.4) is 0 Å². The lowest BCUT2D eigenvalue weighted by Gasteiger charge is -2.43. The van der Waals surface area contributed by atoms with Gasteiger partial charge in [0.2, 0.25) is 0 Å². The minimum Gasteiger partial charge on any atom is -0.317 e. The van der Waals surface area contributed by atoms with Gasteiger partial charge in [-0.1, -0.05) is 20.3 Å². The molecule has 3 unspecified atom stereocenters. The molecule has 2 nitrogen and oxygen atoms in total. The average Bonchev–Trinajstić information content (AvgIpc) is 3.25.